The standard InChI is InChI=1S/C14H26N4O/c1-8(2)7-18(10(5)6)14(19)13-11(15)12(9(3)4)16-17-13/h8-10H,7,15H2,1-6H3,(H,16,17). The number of carbonyl (C=O) groups is 1. The number of nitrogens with one attached hydrogen (secondary N) is 1. The summed E-state index contributed by atoms with van der Waals surface area (Å²) in [6.45, 7) is 12.9. The Balaban J connectivity index is 3.03. The summed E-state index contributed by atoms with van der Waals surface area (Å²) in [5.41, 5.74) is 7.69. The van der Waals surface area contributed by atoms with Gasteiger partial charge in [-0.25, -0.2) is 0 Å². The van der Waals surface area contributed by atoms with Crippen LogP contribution in [0.2, 0.25) is 0 Å². The number of nitrogens with two attached hydrogens (primary N) is 1. The number of hydrogen-bond acceptors (Lipinski definition) is 3. The molecule has 5 heteroatoms. The van der Waals surface area contributed by atoms with E-state index in [2.05, 4.69) is 24.0 Å². The molecule has 0 radical (unpaired) electrons. The zero-order valence-electron chi connectivity index (χ0n) is 12.8. The zero-order valence-corrected chi connectivity index (χ0v) is 12.8. The van der Waals surface area contributed by atoms with E-state index in [1.165, 1.54) is 0 Å². The van der Waals surface area contributed by atoms with E-state index in [1.807, 2.05) is 32.6 Å². The van der Waals surface area contributed by atoms with Crippen molar-refractivity contribution in [1.29, 1.82) is 0 Å². The van der Waals surface area contributed by atoms with Gasteiger partial charge in [0.05, 0.1) is 11.4 Å². The lowest BCUT2D eigenvalue weighted by molar-refractivity contribution is 0.0677. The highest BCUT2D eigenvalue weighted by atomic mass is 16.2. The lowest BCUT2D eigenvalue weighted by Gasteiger charge is -2.28. The summed E-state index contributed by atoms with van der Waals surface area (Å²) in [6, 6.07) is 0.133. The molecule has 0 spiro atoms. The second-order valence-electron chi connectivity index (χ2n) is 6.00. The molecular formula is C14H26N4O. The molecule has 0 saturated heterocycles. The van der Waals surface area contributed by atoms with Gasteiger partial charge in [0.25, 0.3) is 5.91 Å². The smallest absolute Gasteiger partial charge is 0.276 e. The quantitative estimate of drug-likeness (QED) is 0.860. The number of rotatable bonds is 5. The molecule has 0 aromatic carbocycles. The van der Waals surface area contributed by atoms with Crippen molar-refractivity contribution in [2.24, 2.45) is 5.92 Å². The van der Waals surface area contributed by atoms with Crippen LogP contribution in [0.25, 0.3) is 0 Å². The summed E-state index contributed by atoms with van der Waals surface area (Å²) in [6.07, 6.45) is 0. The Morgan fingerprint density at radius 1 is 1.26 bits per heavy atom. The average Bonchev–Trinajstić information content (AvgIpc) is 2.66. The Kier molecular flexibility index (Phi) is 4.97. The zero-order chi connectivity index (χ0) is 14.7. The van der Waals surface area contributed by atoms with Crippen molar-refractivity contribution in [1.82, 2.24) is 15.1 Å². The second-order valence-corrected chi connectivity index (χ2v) is 6.00. The van der Waals surface area contributed by atoms with Gasteiger partial charge in [-0.05, 0) is 25.7 Å². The van der Waals surface area contributed by atoms with E-state index >= 15 is 0 Å². The molecule has 0 bridgehead atoms. The molecule has 0 aliphatic heterocycles. The van der Waals surface area contributed by atoms with Crippen molar-refractivity contribution in [2.45, 2.75) is 53.5 Å². The molecule has 1 rings (SSSR count). The summed E-state index contributed by atoms with van der Waals surface area (Å²) >= 11 is 0. The third-order valence-electron chi connectivity index (χ3n) is 3.06. The Labute approximate surface area is 115 Å². The molecule has 108 valence electrons. The molecule has 1 amide bonds. The van der Waals surface area contributed by atoms with Crippen LogP contribution in [0, 0.1) is 5.92 Å². The summed E-state index contributed by atoms with van der Waals surface area (Å²) < 4.78 is 0. The fourth-order valence-corrected chi connectivity index (χ4v) is 2.02. The molecule has 3 N–H and O–H groups in total. The number of nitrogens with zero attached hydrogens (tertiary/aromatic N) is 2. The van der Waals surface area contributed by atoms with E-state index in [0.29, 0.717) is 23.8 Å². The van der Waals surface area contributed by atoms with Crippen molar-refractivity contribution >= 4 is 11.6 Å². The van der Waals surface area contributed by atoms with Crippen molar-refractivity contribution < 1.29 is 4.79 Å². The molecule has 0 aliphatic rings. The van der Waals surface area contributed by atoms with Crippen LogP contribution in [0.15, 0.2) is 0 Å². The first-order valence-electron chi connectivity index (χ1n) is 6.90. The predicted octanol–water partition coefficient (Wildman–Crippen LogP) is 2.62. The summed E-state index contributed by atoms with van der Waals surface area (Å²) in [4.78, 5) is 14.4. The average molecular weight is 266 g/mol. The van der Waals surface area contributed by atoms with E-state index < -0.39 is 0 Å². The number of H-pyrrole nitrogens is 1. The van der Waals surface area contributed by atoms with Gasteiger partial charge in [-0.15, -0.1) is 0 Å². The monoisotopic (exact) mass is 266 g/mol. The molecule has 0 atom stereocenters. The number of hydrogen-bond donors (Lipinski definition) is 2. The van der Waals surface area contributed by atoms with Gasteiger partial charge in [0.15, 0.2) is 5.69 Å². The van der Waals surface area contributed by atoms with Gasteiger partial charge in [0.2, 0.25) is 0 Å². The predicted molar refractivity (Wildman–Crippen MR) is 78.1 cm³/mol. The number of aromatic nitrogens is 2. The Morgan fingerprint density at radius 2 is 1.84 bits per heavy atom. The van der Waals surface area contributed by atoms with Crippen LogP contribution in [0.4, 0.5) is 5.69 Å². The van der Waals surface area contributed by atoms with Gasteiger partial charge in [-0.1, -0.05) is 27.7 Å². The molecule has 5 nitrogen and oxygen atoms in total. The van der Waals surface area contributed by atoms with Gasteiger partial charge in [-0.2, -0.15) is 5.10 Å². The largest absolute Gasteiger partial charge is 0.395 e. The molecule has 0 aliphatic carbocycles. The Morgan fingerprint density at radius 3 is 2.21 bits per heavy atom. The molecule has 1 aromatic heterocycles. The molecule has 1 heterocycles. The van der Waals surface area contributed by atoms with Crippen LogP contribution in [-0.4, -0.2) is 33.6 Å². The maximum Gasteiger partial charge on any atom is 0.276 e. The van der Waals surface area contributed by atoms with Crippen molar-refractivity contribution in [2.75, 3.05) is 12.3 Å². The van der Waals surface area contributed by atoms with Gasteiger partial charge < -0.3 is 10.6 Å². The Bertz CT molecular complexity index is 435. The Hall–Kier alpha value is -1.52. The van der Waals surface area contributed by atoms with Gasteiger partial charge in [-0.3, -0.25) is 9.89 Å². The maximum absolute atomic E-state index is 12.5. The van der Waals surface area contributed by atoms with Crippen LogP contribution in [0.5, 0.6) is 0 Å². The molecule has 0 fully saturated rings. The first kappa shape index (κ1) is 15.5. The van der Waals surface area contributed by atoms with E-state index in [9.17, 15) is 4.79 Å². The van der Waals surface area contributed by atoms with E-state index in [4.69, 9.17) is 5.73 Å². The van der Waals surface area contributed by atoms with Crippen LogP contribution < -0.4 is 5.73 Å². The molecule has 19 heavy (non-hydrogen) atoms. The van der Waals surface area contributed by atoms with E-state index in [1.54, 1.807) is 0 Å². The topological polar surface area (TPSA) is 75.0 Å². The third kappa shape index (κ3) is 3.49. The van der Waals surface area contributed by atoms with Gasteiger partial charge in [0, 0.05) is 12.6 Å². The van der Waals surface area contributed by atoms with Crippen molar-refractivity contribution in [3.8, 4) is 0 Å². The lowest BCUT2D eigenvalue weighted by atomic mass is 10.1. The van der Waals surface area contributed by atoms with Crippen molar-refractivity contribution in [3.63, 3.8) is 0 Å². The fraction of sp³-hybridized carbons (Fsp3) is 0.714. The minimum atomic E-state index is -0.0932. The van der Waals surface area contributed by atoms with E-state index in [-0.39, 0.29) is 17.9 Å². The number of aromatic amines is 1. The molecule has 0 unspecified atom stereocenters. The number of carbonyl (C=O) groups excluding carboxylic acids is 1. The summed E-state index contributed by atoms with van der Waals surface area (Å²) in [5, 5.41) is 6.99. The van der Waals surface area contributed by atoms with Crippen LogP contribution >= 0.6 is 0 Å². The third-order valence-corrected chi connectivity index (χ3v) is 3.06. The molecule has 0 saturated carbocycles. The highest BCUT2D eigenvalue weighted by Crippen LogP contribution is 2.23. The van der Waals surface area contributed by atoms with Crippen molar-refractivity contribution in [3.05, 3.63) is 11.4 Å². The second kappa shape index (κ2) is 6.08. The highest BCUT2D eigenvalue weighted by molar-refractivity contribution is 5.97. The number of anilines is 1. The first-order valence-corrected chi connectivity index (χ1v) is 6.90. The van der Waals surface area contributed by atoms with Gasteiger partial charge in [0.1, 0.15) is 0 Å². The summed E-state index contributed by atoms with van der Waals surface area (Å²) in [5.74, 6) is 0.548. The minimum Gasteiger partial charge on any atom is -0.395 e. The van der Waals surface area contributed by atoms with E-state index in [0.717, 1.165) is 5.69 Å². The minimum absolute atomic E-state index is 0.0932. The fourth-order valence-electron chi connectivity index (χ4n) is 2.02. The number of amides is 1. The number of nitrogen functional groups attached to an aromatic ring is 1. The van der Waals surface area contributed by atoms with Gasteiger partial charge >= 0.3 is 0 Å². The van der Waals surface area contributed by atoms with Crippen LogP contribution in [0.3, 0.4) is 0 Å². The molecular weight excluding hydrogens is 240 g/mol. The normalized spacial score (nSPS) is 11.6. The lowest BCUT2D eigenvalue weighted by Crippen LogP contribution is -2.40. The maximum atomic E-state index is 12.5. The van der Waals surface area contributed by atoms with Crippen LogP contribution in [0.1, 0.15) is 63.6 Å². The summed E-state index contributed by atoms with van der Waals surface area (Å²) in [7, 11) is 0. The first-order chi connectivity index (χ1) is 8.75. The van der Waals surface area contributed by atoms with Crippen LogP contribution in [-0.2, 0) is 0 Å². The SMILES string of the molecule is CC(C)CN(C(=O)c1n[nH]c(C(C)C)c1N)C(C)C. The highest BCUT2D eigenvalue weighted by Gasteiger charge is 2.25. The molecule has 1 aromatic rings.